The van der Waals surface area contributed by atoms with E-state index in [1.807, 2.05) is 0 Å². The van der Waals surface area contributed by atoms with Gasteiger partial charge in [-0.05, 0) is 19.5 Å². The van der Waals surface area contributed by atoms with Gasteiger partial charge < -0.3 is 24.3 Å². The Kier molecular flexibility index (Phi) is 8.21. The summed E-state index contributed by atoms with van der Waals surface area (Å²) in [6.45, 7) is 4.52. The lowest BCUT2D eigenvalue weighted by atomic mass is 10.4. The third kappa shape index (κ3) is 4.58. The molecule has 0 aromatic rings. The van der Waals surface area contributed by atoms with Crippen molar-refractivity contribution in [2.45, 2.75) is 18.9 Å². The normalized spacial score (nSPS) is 14.2. The Morgan fingerprint density at radius 3 is 2.13 bits per heavy atom. The van der Waals surface area contributed by atoms with E-state index in [4.69, 9.17) is 19.0 Å². The lowest BCUT2D eigenvalue weighted by Gasteiger charge is -2.30. The van der Waals surface area contributed by atoms with Gasteiger partial charge >= 0.3 is 8.80 Å². The maximum absolute atomic E-state index is 5.40. The van der Waals surface area contributed by atoms with Crippen molar-refractivity contribution in [3.05, 3.63) is 0 Å². The lowest BCUT2D eigenvalue weighted by molar-refractivity contribution is 0.113. The second kappa shape index (κ2) is 8.20. The fourth-order valence-corrected chi connectivity index (χ4v) is 3.63. The van der Waals surface area contributed by atoms with Crippen LogP contribution in [0.5, 0.6) is 0 Å². The van der Waals surface area contributed by atoms with Crippen LogP contribution in [0.1, 0.15) is 13.3 Å². The van der Waals surface area contributed by atoms with Crippen molar-refractivity contribution in [3.63, 3.8) is 0 Å². The van der Waals surface area contributed by atoms with Crippen LogP contribution >= 0.6 is 0 Å². The number of hydrogen-bond acceptors (Lipinski definition) is 5. The molecule has 0 rings (SSSR count). The standard InChI is InChI=1S/C9H24N2O3Si/c1-9(8-11-7-5-6-10)15(12-2,13-3)14-4/h9,11H,5-8,10H2,1-4H3. The Hall–Kier alpha value is 0.0169. The highest BCUT2D eigenvalue weighted by Crippen LogP contribution is 2.22. The molecule has 0 amide bonds. The third-order valence-corrected chi connectivity index (χ3v) is 5.58. The van der Waals surface area contributed by atoms with E-state index in [1.54, 1.807) is 21.3 Å². The zero-order chi connectivity index (χ0) is 11.7. The highest BCUT2D eigenvalue weighted by atomic mass is 28.4. The number of nitrogens with one attached hydrogen (secondary N) is 1. The summed E-state index contributed by atoms with van der Waals surface area (Å²) >= 11 is 0. The van der Waals surface area contributed by atoms with Crippen molar-refractivity contribution in [2.75, 3.05) is 41.0 Å². The second-order valence-electron chi connectivity index (χ2n) is 3.46. The van der Waals surface area contributed by atoms with E-state index >= 15 is 0 Å². The molecule has 6 heteroatoms. The van der Waals surface area contributed by atoms with Gasteiger partial charge in [0.25, 0.3) is 0 Å². The SMILES string of the molecule is CO[Si](OC)(OC)C(C)CNCCCN. The fourth-order valence-electron chi connectivity index (χ4n) is 1.52. The molecule has 0 aliphatic heterocycles. The minimum atomic E-state index is -2.47. The van der Waals surface area contributed by atoms with E-state index in [0.29, 0.717) is 6.54 Å². The molecule has 0 spiro atoms. The molecule has 0 aromatic heterocycles. The summed E-state index contributed by atoms with van der Waals surface area (Å²) in [6.07, 6.45) is 0.980. The summed E-state index contributed by atoms with van der Waals surface area (Å²) in [4.78, 5) is 0. The fraction of sp³-hybridized carbons (Fsp3) is 1.00. The number of hydrogen-bond donors (Lipinski definition) is 2. The van der Waals surface area contributed by atoms with Gasteiger partial charge in [0.2, 0.25) is 0 Å². The highest BCUT2D eigenvalue weighted by molar-refractivity contribution is 6.62. The van der Waals surface area contributed by atoms with Crippen LogP contribution in [-0.2, 0) is 13.3 Å². The van der Waals surface area contributed by atoms with Crippen LogP contribution in [0.25, 0.3) is 0 Å². The van der Waals surface area contributed by atoms with E-state index in [-0.39, 0.29) is 5.54 Å². The van der Waals surface area contributed by atoms with Gasteiger partial charge in [-0.2, -0.15) is 0 Å². The van der Waals surface area contributed by atoms with Crippen molar-refractivity contribution in [1.82, 2.24) is 5.32 Å². The summed E-state index contributed by atoms with van der Waals surface area (Å²) in [5.41, 5.74) is 5.64. The first-order valence-electron chi connectivity index (χ1n) is 5.23. The van der Waals surface area contributed by atoms with Crippen molar-refractivity contribution in [2.24, 2.45) is 5.73 Å². The molecule has 0 heterocycles. The van der Waals surface area contributed by atoms with Gasteiger partial charge in [-0.25, -0.2) is 0 Å². The lowest BCUT2D eigenvalue weighted by Crippen LogP contribution is -2.49. The van der Waals surface area contributed by atoms with Crippen molar-refractivity contribution in [3.8, 4) is 0 Å². The van der Waals surface area contributed by atoms with Gasteiger partial charge in [-0.1, -0.05) is 6.92 Å². The molecule has 92 valence electrons. The predicted molar refractivity (Wildman–Crippen MR) is 62.7 cm³/mol. The van der Waals surface area contributed by atoms with Gasteiger partial charge in [0, 0.05) is 33.4 Å². The average Bonchev–Trinajstić information content (AvgIpc) is 2.28. The summed E-state index contributed by atoms with van der Waals surface area (Å²) in [5, 5.41) is 3.31. The largest absolute Gasteiger partial charge is 0.504 e. The van der Waals surface area contributed by atoms with Crippen LogP contribution < -0.4 is 11.1 Å². The third-order valence-electron chi connectivity index (χ3n) is 2.47. The molecule has 0 bridgehead atoms. The van der Waals surface area contributed by atoms with Gasteiger partial charge in [-0.15, -0.1) is 0 Å². The molecule has 0 fully saturated rings. The van der Waals surface area contributed by atoms with Crippen LogP contribution in [-0.4, -0.2) is 49.8 Å². The molecule has 0 aromatic carbocycles. The van der Waals surface area contributed by atoms with Crippen LogP contribution in [0.4, 0.5) is 0 Å². The molecule has 1 atom stereocenters. The smallest absolute Gasteiger partial charge is 0.377 e. The maximum Gasteiger partial charge on any atom is 0.504 e. The van der Waals surface area contributed by atoms with Crippen LogP contribution in [0.3, 0.4) is 0 Å². The molecule has 0 aliphatic carbocycles. The van der Waals surface area contributed by atoms with E-state index in [0.717, 1.165) is 19.5 Å². The van der Waals surface area contributed by atoms with Crippen molar-refractivity contribution >= 4 is 8.80 Å². The number of nitrogens with two attached hydrogens (primary N) is 1. The van der Waals surface area contributed by atoms with Crippen molar-refractivity contribution in [1.29, 1.82) is 0 Å². The number of rotatable bonds is 9. The first-order valence-corrected chi connectivity index (χ1v) is 7.03. The molecule has 0 radical (unpaired) electrons. The predicted octanol–water partition coefficient (Wildman–Crippen LogP) is 0.193. The Morgan fingerprint density at radius 2 is 1.73 bits per heavy atom. The van der Waals surface area contributed by atoms with E-state index in [9.17, 15) is 0 Å². The average molecular weight is 236 g/mol. The van der Waals surface area contributed by atoms with E-state index in [1.165, 1.54) is 0 Å². The molecule has 0 saturated carbocycles. The first-order chi connectivity index (χ1) is 7.16. The summed E-state index contributed by atoms with van der Waals surface area (Å²) in [7, 11) is 2.43. The van der Waals surface area contributed by atoms with Crippen LogP contribution in [0, 0.1) is 0 Å². The van der Waals surface area contributed by atoms with Gasteiger partial charge in [0.05, 0.1) is 0 Å². The molecule has 0 aliphatic rings. The molecule has 5 nitrogen and oxygen atoms in total. The minimum Gasteiger partial charge on any atom is -0.377 e. The first kappa shape index (κ1) is 15.0. The van der Waals surface area contributed by atoms with Crippen molar-refractivity contribution < 1.29 is 13.3 Å². The summed E-state index contributed by atoms with van der Waals surface area (Å²) in [5.74, 6) is 0. The Bertz CT molecular complexity index is 148. The van der Waals surface area contributed by atoms with Crippen LogP contribution in [0.2, 0.25) is 5.54 Å². The Labute approximate surface area is 93.6 Å². The molecular weight excluding hydrogens is 212 g/mol. The monoisotopic (exact) mass is 236 g/mol. The Morgan fingerprint density at radius 1 is 1.20 bits per heavy atom. The topological polar surface area (TPSA) is 65.7 Å². The molecular formula is C9H24N2O3Si. The quantitative estimate of drug-likeness (QED) is 0.442. The summed E-state index contributed by atoms with van der Waals surface area (Å²) < 4.78 is 16.2. The highest BCUT2D eigenvalue weighted by Gasteiger charge is 2.44. The maximum atomic E-state index is 5.40. The van der Waals surface area contributed by atoms with Crippen LogP contribution in [0.15, 0.2) is 0 Å². The van der Waals surface area contributed by atoms with Gasteiger partial charge in [0.15, 0.2) is 0 Å². The Balaban J connectivity index is 3.97. The second-order valence-corrected chi connectivity index (χ2v) is 6.88. The molecule has 3 N–H and O–H groups in total. The zero-order valence-electron chi connectivity index (χ0n) is 10.2. The van der Waals surface area contributed by atoms with Gasteiger partial charge in [0.1, 0.15) is 0 Å². The molecule has 0 saturated heterocycles. The summed E-state index contributed by atoms with van der Waals surface area (Å²) in [6, 6.07) is 0. The van der Waals surface area contributed by atoms with Gasteiger partial charge in [-0.3, -0.25) is 0 Å². The zero-order valence-corrected chi connectivity index (χ0v) is 11.2. The molecule has 15 heavy (non-hydrogen) atoms. The minimum absolute atomic E-state index is 0.232. The van der Waals surface area contributed by atoms with E-state index < -0.39 is 8.80 Å². The molecule has 1 unspecified atom stereocenters. The van der Waals surface area contributed by atoms with E-state index in [2.05, 4.69) is 12.2 Å².